The monoisotopic (exact) mass is 332 g/mol. The van der Waals surface area contributed by atoms with Gasteiger partial charge in [-0.25, -0.2) is 0 Å². The van der Waals surface area contributed by atoms with Gasteiger partial charge in [0, 0.05) is 5.56 Å². The van der Waals surface area contributed by atoms with Crippen LogP contribution in [-0.2, 0) is 6.18 Å². The number of aromatic nitrogens is 2. The Hall–Kier alpha value is -3.16. The number of azo groups is 1. The van der Waals surface area contributed by atoms with Gasteiger partial charge < -0.3 is 0 Å². The second kappa shape index (κ2) is 6.15. The summed E-state index contributed by atoms with van der Waals surface area (Å²) in [5, 5.41) is 12.8. The zero-order chi connectivity index (χ0) is 17.2. The summed E-state index contributed by atoms with van der Waals surface area (Å²) in [5.41, 5.74) is 0.215. The first-order valence-corrected chi connectivity index (χ1v) is 6.90. The van der Waals surface area contributed by atoms with E-state index in [0.29, 0.717) is 5.69 Å². The molecule has 0 amide bonds. The molecule has 0 saturated heterocycles. The average Bonchev–Trinajstić information content (AvgIpc) is 2.94. The molecule has 2 aromatic carbocycles. The fourth-order valence-corrected chi connectivity index (χ4v) is 2.09. The van der Waals surface area contributed by atoms with Gasteiger partial charge in [-0.3, -0.25) is 15.0 Å². The van der Waals surface area contributed by atoms with E-state index in [1.165, 1.54) is 12.1 Å². The van der Waals surface area contributed by atoms with Crippen LogP contribution in [0, 0.1) is 0 Å². The fourth-order valence-electron chi connectivity index (χ4n) is 2.09. The minimum Gasteiger partial charge on any atom is -0.295 e. The molecule has 1 heterocycles. The van der Waals surface area contributed by atoms with Gasteiger partial charge in [-0.2, -0.15) is 18.3 Å². The molecule has 0 fully saturated rings. The van der Waals surface area contributed by atoms with Crippen molar-refractivity contribution in [3.63, 3.8) is 0 Å². The van der Waals surface area contributed by atoms with Gasteiger partial charge in [0.05, 0.1) is 16.9 Å². The molecule has 0 saturated carbocycles. The average molecular weight is 332 g/mol. The highest BCUT2D eigenvalue weighted by molar-refractivity contribution is 5.70. The lowest BCUT2D eigenvalue weighted by molar-refractivity contribution is -0.137. The molecule has 24 heavy (non-hydrogen) atoms. The number of alkyl halides is 3. The topological polar surface area (TPSA) is 73.4 Å². The Labute approximate surface area is 133 Å². The molecule has 2 N–H and O–H groups in total. The van der Waals surface area contributed by atoms with Crippen LogP contribution < -0.4 is 5.56 Å². The molecule has 0 aliphatic rings. The highest BCUT2D eigenvalue weighted by Gasteiger charge is 2.29. The molecule has 0 radical (unpaired) electrons. The first kappa shape index (κ1) is 15.7. The molecule has 8 heteroatoms. The van der Waals surface area contributed by atoms with Crippen LogP contribution in [0.5, 0.6) is 0 Å². The molecule has 0 unspecified atom stereocenters. The van der Waals surface area contributed by atoms with Crippen LogP contribution in [0.4, 0.5) is 24.5 Å². The third-order valence-corrected chi connectivity index (χ3v) is 3.28. The third-order valence-electron chi connectivity index (χ3n) is 3.28. The molecule has 0 spiro atoms. The van der Waals surface area contributed by atoms with E-state index < -0.39 is 17.3 Å². The van der Waals surface area contributed by atoms with E-state index in [1.54, 1.807) is 24.3 Å². The summed E-state index contributed by atoms with van der Waals surface area (Å²) in [7, 11) is 0. The van der Waals surface area contributed by atoms with Gasteiger partial charge in [0.15, 0.2) is 5.69 Å². The largest absolute Gasteiger partial charge is 0.416 e. The minimum atomic E-state index is -4.41. The zero-order valence-corrected chi connectivity index (χ0v) is 12.1. The van der Waals surface area contributed by atoms with Crippen molar-refractivity contribution in [1.82, 2.24) is 10.2 Å². The molecule has 5 nitrogen and oxygen atoms in total. The predicted octanol–water partition coefficient (Wildman–Crippen LogP) is 4.80. The predicted molar refractivity (Wildman–Crippen MR) is 82.5 cm³/mol. The van der Waals surface area contributed by atoms with Crippen molar-refractivity contribution >= 4 is 11.4 Å². The number of H-pyrrole nitrogens is 2. The van der Waals surface area contributed by atoms with Gasteiger partial charge in [-0.15, -0.1) is 5.11 Å². The zero-order valence-electron chi connectivity index (χ0n) is 12.1. The van der Waals surface area contributed by atoms with Gasteiger partial charge in [0.25, 0.3) is 5.56 Å². The van der Waals surface area contributed by atoms with Crippen molar-refractivity contribution in [2.45, 2.75) is 6.18 Å². The first-order valence-electron chi connectivity index (χ1n) is 6.90. The van der Waals surface area contributed by atoms with Crippen molar-refractivity contribution in [2.75, 3.05) is 0 Å². The first-order chi connectivity index (χ1) is 11.4. The van der Waals surface area contributed by atoms with E-state index in [-0.39, 0.29) is 11.4 Å². The molecule has 1 aromatic heterocycles. The third kappa shape index (κ3) is 3.27. The minimum absolute atomic E-state index is 0.0566. The van der Waals surface area contributed by atoms with E-state index in [4.69, 9.17) is 0 Å². The van der Waals surface area contributed by atoms with Gasteiger partial charge in [0.2, 0.25) is 0 Å². The second-order valence-electron chi connectivity index (χ2n) is 4.91. The van der Waals surface area contributed by atoms with Gasteiger partial charge in [-0.05, 0) is 24.3 Å². The van der Waals surface area contributed by atoms with Crippen molar-refractivity contribution in [2.24, 2.45) is 10.2 Å². The van der Waals surface area contributed by atoms with Crippen LogP contribution >= 0.6 is 0 Å². The number of nitrogens with one attached hydrogen (secondary N) is 2. The second-order valence-corrected chi connectivity index (χ2v) is 4.91. The molecule has 0 aliphatic carbocycles. The van der Waals surface area contributed by atoms with Gasteiger partial charge in [-0.1, -0.05) is 30.3 Å². The summed E-state index contributed by atoms with van der Waals surface area (Å²) >= 11 is 0. The Morgan fingerprint density at radius 3 is 2.12 bits per heavy atom. The number of benzene rings is 2. The van der Waals surface area contributed by atoms with Crippen LogP contribution in [0.15, 0.2) is 69.6 Å². The molecule has 0 bridgehead atoms. The quantitative estimate of drug-likeness (QED) is 0.664. The van der Waals surface area contributed by atoms with Crippen molar-refractivity contribution in [3.05, 3.63) is 70.5 Å². The maximum absolute atomic E-state index is 12.5. The SMILES string of the molecule is O=c1[nH][nH]c(-c2ccccc2)c1N=Nc1ccc(C(F)(F)F)cc1. The van der Waals surface area contributed by atoms with E-state index in [9.17, 15) is 18.0 Å². The van der Waals surface area contributed by atoms with Crippen LogP contribution in [-0.4, -0.2) is 10.2 Å². The number of halogens is 3. The van der Waals surface area contributed by atoms with Crippen LogP contribution in [0.3, 0.4) is 0 Å². The van der Waals surface area contributed by atoms with Crippen molar-refractivity contribution in [1.29, 1.82) is 0 Å². The van der Waals surface area contributed by atoms with Gasteiger partial charge >= 0.3 is 6.18 Å². The number of rotatable bonds is 3. The van der Waals surface area contributed by atoms with Crippen LogP contribution in [0.1, 0.15) is 5.56 Å². The maximum Gasteiger partial charge on any atom is 0.416 e. The molecule has 122 valence electrons. The lowest BCUT2D eigenvalue weighted by Crippen LogP contribution is -2.03. The highest BCUT2D eigenvalue weighted by atomic mass is 19.4. The summed E-state index contributed by atoms with van der Waals surface area (Å²) in [5.74, 6) is 0. The lowest BCUT2D eigenvalue weighted by Gasteiger charge is -2.05. The molecule has 0 atom stereocenters. The van der Waals surface area contributed by atoms with E-state index in [0.717, 1.165) is 17.7 Å². The van der Waals surface area contributed by atoms with Crippen molar-refractivity contribution in [3.8, 4) is 11.3 Å². The molecule has 3 rings (SSSR count). The molecule has 0 aliphatic heterocycles. The van der Waals surface area contributed by atoms with Crippen LogP contribution in [0.2, 0.25) is 0 Å². The van der Waals surface area contributed by atoms with Crippen LogP contribution in [0.25, 0.3) is 11.3 Å². The molecular formula is C16H11F3N4O. The van der Waals surface area contributed by atoms with E-state index in [1.807, 2.05) is 6.07 Å². The normalized spacial score (nSPS) is 12.0. The number of nitrogens with zero attached hydrogens (tertiary/aromatic N) is 2. The Morgan fingerprint density at radius 2 is 1.50 bits per heavy atom. The number of aromatic amines is 2. The summed E-state index contributed by atoms with van der Waals surface area (Å²) in [6.07, 6.45) is -4.41. The summed E-state index contributed by atoms with van der Waals surface area (Å²) in [6, 6.07) is 13.2. The highest BCUT2D eigenvalue weighted by Crippen LogP contribution is 2.31. The number of hydrogen-bond acceptors (Lipinski definition) is 3. The Morgan fingerprint density at radius 1 is 0.833 bits per heavy atom. The van der Waals surface area contributed by atoms with E-state index in [2.05, 4.69) is 20.4 Å². The Balaban J connectivity index is 1.91. The standard InChI is InChI=1S/C16H11F3N4O/c17-16(18,19)11-6-8-12(9-7-11)20-22-14-13(21-23-15(14)24)10-4-2-1-3-5-10/h1-9H,(H2,21,23,24). The van der Waals surface area contributed by atoms with E-state index >= 15 is 0 Å². The summed E-state index contributed by atoms with van der Waals surface area (Å²) in [4.78, 5) is 11.8. The molecular weight excluding hydrogens is 321 g/mol. The Bertz CT molecular complexity index is 909. The Kier molecular flexibility index (Phi) is 4.03. The lowest BCUT2D eigenvalue weighted by atomic mass is 10.1. The smallest absolute Gasteiger partial charge is 0.295 e. The van der Waals surface area contributed by atoms with Crippen molar-refractivity contribution < 1.29 is 13.2 Å². The summed E-state index contributed by atoms with van der Waals surface area (Å²) < 4.78 is 37.6. The fraction of sp³-hybridized carbons (Fsp3) is 0.0625. The van der Waals surface area contributed by atoms with Gasteiger partial charge in [0.1, 0.15) is 0 Å². The maximum atomic E-state index is 12.5. The number of hydrogen-bond donors (Lipinski definition) is 2. The molecule has 3 aromatic rings. The summed E-state index contributed by atoms with van der Waals surface area (Å²) in [6.45, 7) is 0.